The number of hydrogen-bond donors (Lipinski definition) is 3. The number of piperidine rings is 1. The number of halogens is 5. The zero-order valence-corrected chi connectivity index (χ0v) is 30.1. The number of anilines is 4. The summed E-state index contributed by atoms with van der Waals surface area (Å²) in [6.45, 7) is 9.45. The summed E-state index contributed by atoms with van der Waals surface area (Å²) < 4.78 is 58.9. The van der Waals surface area contributed by atoms with Gasteiger partial charge in [-0.1, -0.05) is 44.5 Å². The lowest BCUT2D eigenvalue weighted by Gasteiger charge is -2.42. The molecule has 0 aliphatic carbocycles. The number of alkyl halides is 3. The van der Waals surface area contributed by atoms with Crippen LogP contribution >= 0.6 is 22.9 Å². The van der Waals surface area contributed by atoms with Crippen LogP contribution in [0.1, 0.15) is 39.2 Å². The number of carbonyl (C=O) groups excluding carboxylic acids is 1. The number of aromatic hydroxyl groups is 1. The van der Waals surface area contributed by atoms with E-state index < -0.39 is 29.4 Å². The predicted molar refractivity (Wildman–Crippen MR) is 198 cm³/mol. The highest BCUT2D eigenvalue weighted by Gasteiger charge is 2.50. The monoisotopic (exact) mass is 753 g/mol. The first-order chi connectivity index (χ1) is 24.6. The Morgan fingerprint density at radius 3 is 2.42 bits per heavy atom. The van der Waals surface area contributed by atoms with Gasteiger partial charge in [-0.15, -0.1) is 24.5 Å². The number of phenols is 1. The van der Waals surface area contributed by atoms with Crippen molar-refractivity contribution < 1.29 is 32.2 Å². The first-order valence-corrected chi connectivity index (χ1v) is 17.9. The van der Waals surface area contributed by atoms with Crippen LogP contribution in [0.5, 0.6) is 11.5 Å². The smallest absolute Gasteiger partial charge is 0.506 e. The Labute approximate surface area is 307 Å². The molecule has 1 spiro atoms. The molecule has 2 aliphatic heterocycles. The summed E-state index contributed by atoms with van der Waals surface area (Å²) in [7, 11) is 0. The molecule has 3 N–H and O–H groups in total. The van der Waals surface area contributed by atoms with Crippen LogP contribution < -0.4 is 20.3 Å². The fraction of sp³-hybridized carbons (Fsp3) is 0.316. The van der Waals surface area contributed by atoms with Gasteiger partial charge in [0, 0.05) is 40.8 Å². The third-order valence-electron chi connectivity index (χ3n) is 9.36. The number of benzene rings is 4. The molecular weight excluding hydrogens is 718 g/mol. The Bertz CT molecular complexity index is 2140. The second-order valence-corrected chi connectivity index (χ2v) is 15.9. The minimum atomic E-state index is -4.84. The predicted octanol–water partition coefficient (Wildman–Crippen LogP) is 10.5. The Morgan fingerprint density at radius 1 is 1.02 bits per heavy atom. The number of rotatable bonds is 6. The summed E-state index contributed by atoms with van der Waals surface area (Å²) >= 11 is 7.64. The van der Waals surface area contributed by atoms with Crippen molar-refractivity contribution in [3.8, 4) is 22.1 Å². The number of aromatic nitrogens is 1. The fourth-order valence-corrected chi connectivity index (χ4v) is 8.52. The number of fused-ring (bicyclic) bond motifs is 3. The summed E-state index contributed by atoms with van der Waals surface area (Å²) in [5, 5.41) is 18.1. The molecule has 1 aromatic heterocycles. The van der Waals surface area contributed by atoms with E-state index in [-0.39, 0.29) is 16.9 Å². The standard InChI is InChI=1S/C38H36ClF4N5O3S/c1-36(2,3)20-47-16-14-37(15-17-47)21-48(33-29(49)19-25(40)31(32(33)37)34-45-27-18-22(39)8-13-30(27)52-34)28-7-5-4-6-26(28)46-35(50)44-23-9-11-24(12-10-23)51-38(41,42)43/h4-13,18-19,49H,14-17,20-21H2,1-3H3,(H2,44,46,50). The zero-order valence-electron chi connectivity index (χ0n) is 28.6. The highest BCUT2D eigenvalue weighted by Crippen LogP contribution is 2.58. The molecule has 1 fully saturated rings. The molecule has 52 heavy (non-hydrogen) atoms. The second kappa shape index (κ2) is 13.4. The minimum Gasteiger partial charge on any atom is -0.506 e. The molecule has 0 atom stereocenters. The van der Waals surface area contributed by atoms with Crippen molar-refractivity contribution in [2.75, 3.05) is 41.7 Å². The number of carbonyl (C=O) groups is 1. The summed E-state index contributed by atoms with van der Waals surface area (Å²) in [4.78, 5) is 22.4. The van der Waals surface area contributed by atoms with Crippen LogP contribution in [0.25, 0.3) is 20.8 Å². The number of amides is 2. The molecule has 5 aromatic rings. The first-order valence-electron chi connectivity index (χ1n) is 16.7. The minimum absolute atomic E-state index is 0.0893. The van der Waals surface area contributed by atoms with Crippen molar-refractivity contribution in [1.29, 1.82) is 0 Å². The number of phenolic OH excluding ortho intramolecular Hbond substituents is 1. The van der Waals surface area contributed by atoms with Crippen LogP contribution in [-0.2, 0) is 5.41 Å². The van der Waals surface area contributed by atoms with Crippen LogP contribution in [0.15, 0.2) is 72.8 Å². The molecule has 1 saturated heterocycles. The number of nitrogens with one attached hydrogen (secondary N) is 2. The number of nitrogens with zero attached hydrogens (tertiary/aromatic N) is 3. The molecule has 0 bridgehead atoms. The molecule has 272 valence electrons. The van der Waals surface area contributed by atoms with E-state index in [1.165, 1.54) is 23.5 Å². The van der Waals surface area contributed by atoms with Crippen LogP contribution in [0.3, 0.4) is 0 Å². The van der Waals surface area contributed by atoms with Gasteiger partial charge in [-0.25, -0.2) is 14.2 Å². The molecule has 4 aromatic carbocycles. The molecule has 2 amide bonds. The molecule has 0 saturated carbocycles. The van der Waals surface area contributed by atoms with E-state index in [0.717, 1.165) is 42.5 Å². The average Bonchev–Trinajstić information content (AvgIpc) is 3.61. The van der Waals surface area contributed by atoms with E-state index in [1.54, 1.807) is 24.3 Å². The number of ether oxygens (including phenoxy) is 1. The third-order valence-corrected chi connectivity index (χ3v) is 10.6. The van der Waals surface area contributed by atoms with Gasteiger partial charge in [0.1, 0.15) is 22.3 Å². The highest BCUT2D eigenvalue weighted by atomic mass is 35.5. The Morgan fingerprint density at radius 2 is 1.73 bits per heavy atom. The van der Waals surface area contributed by atoms with Crippen LogP contribution in [0, 0.1) is 11.2 Å². The van der Waals surface area contributed by atoms with Crippen molar-refractivity contribution in [1.82, 2.24) is 9.88 Å². The molecule has 8 nitrogen and oxygen atoms in total. The maximum atomic E-state index is 16.4. The Balaban J connectivity index is 1.26. The number of hydrogen-bond acceptors (Lipinski definition) is 7. The number of para-hydroxylation sites is 2. The maximum absolute atomic E-state index is 16.4. The van der Waals surface area contributed by atoms with Gasteiger partial charge >= 0.3 is 12.4 Å². The lowest BCUT2D eigenvalue weighted by atomic mass is 9.72. The lowest BCUT2D eigenvalue weighted by molar-refractivity contribution is -0.274. The lowest BCUT2D eigenvalue weighted by Crippen LogP contribution is -2.47. The molecular formula is C38H36ClF4N5O3S. The van der Waals surface area contributed by atoms with E-state index >= 15 is 4.39 Å². The largest absolute Gasteiger partial charge is 0.573 e. The average molecular weight is 754 g/mol. The van der Waals surface area contributed by atoms with Gasteiger partial charge in [0.25, 0.3) is 0 Å². The van der Waals surface area contributed by atoms with Gasteiger partial charge in [-0.05, 0) is 85.9 Å². The van der Waals surface area contributed by atoms with E-state index in [0.29, 0.717) is 63.1 Å². The molecule has 2 aliphatic rings. The molecule has 7 rings (SSSR count). The number of thiazole rings is 1. The number of urea groups is 1. The van der Waals surface area contributed by atoms with Gasteiger partial charge in [0.2, 0.25) is 0 Å². The topological polar surface area (TPSA) is 90.0 Å². The third kappa shape index (κ3) is 7.35. The zero-order chi connectivity index (χ0) is 37.0. The fourth-order valence-electron chi connectivity index (χ4n) is 7.36. The maximum Gasteiger partial charge on any atom is 0.573 e. The summed E-state index contributed by atoms with van der Waals surface area (Å²) in [5.41, 5.74) is 2.88. The van der Waals surface area contributed by atoms with Crippen molar-refractivity contribution in [3.05, 3.63) is 89.2 Å². The van der Waals surface area contributed by atoms with E-state index in [9.17, 15) is 23.1 Å². The summed E-state index contributed by atoms with van der Waals surface area (Å²) in [6, 6.07) is 17.8. The summed E-state index contributed by atoms with van der Waals surface area (Å²) in [6.07, 6.45) is -3.44. The van der Waals surface area contributed by atoms with Gasteiger partial charge in [0.05, 0.1) is 32.8 Å². The van der Waals surface area contributed by atoms with E-state index in [2.05, 4.69) is 41.0 Å². The van der Waals surface area contributed by atoms with E-state index in [1.807, 2.05) is 23.1 Å². The normalized spacial score (nSPS) is 16.0. The van der Waals surface area contributed by atoms with Gasteiger partial charge < -0.3 is 30.3 Å². The van der Waals surface area contributed by atoms with E-state index in [4.69, 9.17) is 16.6 Å². The van der Waals surface area contributed by atoms with Gasteiger partial charge in [-0.2, -0.15) is 0 Å². The Kier molecular flexibility index (Phi) is 9.25. The SMILES string of the molecule is CC(C)(C)CN1CCC2(CC1)CN(c1ccccc1NC(=O)Nc1ccc(OC(F)(F)F)cc1)c1c(O)cc(F)c(-c3nc4cc(Cl)ccc4s3)c12. The van der Waals surface area contributed by atoms with Crippen LogP contribution in [0.4, 0.5) is 45.1 Å². The first kappa shape index (κ1) is 35.8. The van der Waals surface area contributed by atoms with Crippen molar-refractivity contribution >= 4 is 61.9 Å². The van der Waals surface area contributed by atoms with Crippen molar-refractivity contribution in [2.24, 2.45) is 5.41 Å². The van der Waals surface area contributed by atoms with Crippen molar-refractivity contribution in [3.63, 3.8) is 0 Å². The Hall–Kier alpha value is -4.59. The summed E-state index contributed by atoms with van der Waals surface area (Å²) in [5.74, 6) is -1.22. The quantitative estimate of drug-likeness (QED) is 0.150. The molecule has 0 radical (unpaired) electrons. The molecule has 0 unspecified atom stereocenters. The molecule has 14 heteroatoms. The van der Waals surface area contributed by atoms with Crippen molar-refractivity contribution in [2.45, 2.75) is 45.4 Å². The van der Waals surface area contributed by atoms with Crippen LogP contribution in [0.2, 0.25) is 5.02 Å². The van der Waals surface area contributed by atoms with Gasteiger partial charge in [0.15, 0.2) is 0 Å². The molecule has 3 heterocycles. The van der Waals surface area contributed by atoms with Crippen LogP contribution in [-0.4, -0.2) is 53.6 Å². The number of likely N-dealkylation sites (tertiary alicyclic amines) is 1. The highest BCUT2D eigenvalue weighted by molar-refractivity contribution is 7.21. The second-order valence-electron chi connectivity index (χ2n) is 14.5. The van der Waals surface area contributed by atoms with Gasteiger partial charge in [-0.3, -0.25) is 0 Å².